The van der Waals surface area contributed by atoms with Gasteiger partial charge in [0.1, 0.15) is 22.9 Å². The number of aromatic nitrogens is 2. The van der Waals surface area contributed by atoms with E-state index in [1.54, 1.807) is 43.5 Å². The van der Waals surface area contributed by atoms with Gasteiger partial charge in [-0.25, -0.2) is 9.98 Å². The number of pyridine rings is 1. The lowest BCUT2D eigenvalue weighted by Crippen LogP contribution is -1.94. The van der Waals surface area contributed by atoms with Gasteiger partial charge in [0, 0.05) is 34.0 Å². The molecule has 174 valence electrons. The average molecular weight is 505 g/mol. The first-order chi connectivity index (χ1) is 16.8. The van der Waals surface area contributed by atoms with Crippen molar-refractivity contribution in [3.05, 3.63) is 104 Å². The smallest absolute Gasteiger partial charge is 0.272 e. The summed E-state index contributed by atoms with van der Waals surface area (Å²) in [5.41, 5.74) is 4.24. The maximum Gasteiger partial charge on any atom is 0.272 e. The van der Waals surface area contributed by atoms with Crippen molar-refractivity contribution >= 4 is 46.6 Å². The van der Waals surface area contributed by atoms with E-state index in [-0.39, 0.29) is 10.6 Å². The molecule has 0 aliphatic rings. The zero-order valence-corrected chi connectivity index (χ0v) is 20.2. The molecule has 0 saturated carbocycles. The number of benzene rings is 2. The van der Waals surface area contributed by atoms with Gasteiger partial charge in [-0.3, -0.25) is 14.5 Å². The van der Waals surface area contributed by atoms with Gasteiger partial charge in [-0.05, 0) is 67.9 Å². The zero-order valence-electron chi connectivity index (χ0n) is 18.7. The largest absolute Gasteiger partial charge is 0.455 e. The summed E-state index contributed by atoms with van der Waals surface area (Å²) < 4.78 is 7.87. The minimum Gasteiger partial charge on any atom is -0.455 e. The molecule has 0 atom stereocenters. The number of rotatable bonds is 5. The fraction of sp³-hybridized carbons (Fsp3) is 0.0769. The van der Waals surface area contributed by atoms with E-state index in [9.17, 15) is 10.1 Å². The molecule has 5 rings (SSSR count). The highest BCUT2D eigenvalue weighted by atomic mass is 35.5. The molecule has 0 spiro atoms. The molecule has 35 heavy (non-hydrogen) atoms. The Morgan fingerprint density at radius 2 is 1.86 bits per heavy atom. The monoisotopic (exact) mass is 504 g/mol. The van der Waals surface area contributed by atoms with Crippen LogP contribution < -0.4 is 0 Å². The van der Waals surface area contributed by atoms with Crippen LogP contribution in [0.1, 0.15) is 16.9 Å². The fourth-order valence-electron chi connectivity index (χ4n) is 3.92. The van der Waals surface area contributed by atoms with Crippen LogP contribution in [-0.4, -0.2) is 20.5 Å². The highest BCUT2D eigenvalue weighted by molar-refractivity contribution is 6.36. The summed E-state index contributed by atoms with van der Waals surface area (Å²) in [6.07, 6.45) is 3.49. The van der Waals surface area contributed by atoms with E-state index in [0.29, 0.717) is 44.2 Å². The van der Waals surface area contributed by atoms with Crippen molar-refractivity contribution in [1.29, 1.82) is 0 Å². The number of aryl methyl sites for hydroxylation is 2. The normalized spacial score (nSPS) is 11.5. The highest BCUT2D eigenvalue weighted by Crippen LogP contribution is 2.37. The van der Waals surface area contributed by atoms with Crippen LogP contribution in [0.3, 0.4) is 0 Å². The molecular weight excluding hydrogens is 487 g/mol. The van der Waals surface area contributed by atoms with Gasteiger partial charge in [-0.2, -0.15) is 0 Å². The summed E-state index contributed by atoms with van der Waals surface area (Å²) >= 11 is 12.5. The number of furan rings is 1. The Labute approximate surface area is 210 Å². The number of halogens is 2. The molecule has 7 nitrogen and oxygen atoms in total. The zero-order chi connectivity index (χ0) is 24.7. The Morgan fingerprint density at radius 1 is 1.03 bits per heavy atom. The van der Waals surface area contributed by atoms with Crippen LogP contribution in [0, 0.1) is 24.0 Å². The van der Waals surface area contributed by atoms with Crippen molar-refractivity contribution in [2.75, 3.05) is 0 Å². The van der Waals surface area contributed by atoms with E-state index in [4.69, 9.17) is 32.6 Å². The Hall–Kier alpha value is -3.94. The summed E-state index contributed by atoms with van der Waals surface area (Å²) in [4.78, 5) is 20.3. The lowest BCUT2D eigenvalue weighted by atomic mass is 10.0. The van der Waals surface area contributed by atoms with Crippen LogP contribution in [0.15, 0.2) is 76.3 Å². The van der Waals surface area contributed by atoms with Gasteiger partial charge in [0.25, 0.3) is 5.69 Å². The molecule has 0 unspecified atom stereocenters. The van der Waals surface area contributed by atoms with E-state index in [1.165, 1.54) is 0 Å². The Bertz CT molecular complexity index is 1640. The minimum atomic E-state index is -0.382. The number of hydrogen-bond donors (Lipinski definition) is 0. The van der Waals surface area contributed by atoms with Crippen molar-refractivity contribution in [1.82, 2.24) is 9.38 Å². The van der Waals surface area contributed by atoms with E-state index in [0.717, 1.165) is 16.8 Å². The standard InChI is InChI=1S/C26H18Cl2N4O3/c1-15-12-22(32(33)34)16(2)11-20(15)23-9-7-18(35-23)14-29-26-25(19-8-6-17(27)13-21(19)28)30-24-5-3-4-10-31(24)26/h3-14H,1-2H3/b29-14+. The molecule has 0 fully saturated rings. The average Bonchev–Trinajstić information content (AvgIpc) is 3.43. The number of fused-ring (bicyclic) bond motifs is 1. The van der Waals surface area contributed by atoms with E-state index in [1.807, 2.05) is 47.9 Å². The molecule has 0 bridgehead atoms. The molecule has 2 aromatic carbocycles. The summed E-state index contributed by atoms with van der Waals surface area (Å²) in [6, 6.07) is 17.9. The number of nitro benzene ring substituents is 1. The quantitative estimate of drug-likeness (QED) is 0.138. The molecule has 3 aromatic heterocycles. The molecular formula is C26H18Cl2N4O3. The molecule has 3 heterocycles. The minimum absolute atomic E-state index is 0.0839. The van der Waals surface area contributed by atoms with Gasteiger partial charge in [-0.1, -0.05) is 29.3 Å². The Balaban J connectivity index is 1.54. The van der Waals surface area contributed by atoms with Crippen LogP contribution in [-0.2, 0) is 0 Å². The summed E-state index contributed by atoms with van der Waals surface area (Å²) in [5, 5.41) is 12.2. The van der Waals surface area contributed by atoms with E-state index >= 15 is 0 Å². The molecule has 0 N–H and O–H groups in total. The van der Waals surface area contributed by atoms with Gasteiger partial charge in [-0.15, -0.1) is 0 Å². The van der Waals surface area contributed by atoms with Gasteiger partial charge >= 0.3 is 0 Å². The first-order valence-corrected chi connectivity index (χ1v) is 11.4. The van der Waals surface area contributed by atoms with Gasteiger partial charge in [0.2, 0.25) is 0 Å². The van der Waals surface area contributed by atoms with E-state index < -0.39 is 0 Å². The number of nitrogens with zero attached hydrogens (tertiary/aromatic N) is 4. The van der Waals surface area contributed by atoms with Crippen LogP contribution in [0.25, 0.3) is 28.2 Å². The predicted molar refractivity (Wildman–Crippen MR) is 138 cm³/mol. The molecule has 0 amide bonds. The van der Waals surface area contributed by atoms with Crippen molar-refractivity contribution in [2.24, 2.45) is 4.99 Å². The molecule has 5 aromatic rings. The summed E-state index contributed by atoms with van der Waals surface area (Å²) in [7, 11) is 0. The first kappa shape index (κ1) is 22.8. The van der Waals surface area contributed by atoms with Crippen molar-refractivity contribution in [3.63, 3.8) is 0 Å². The lowest BCUT2D eigenvalue weighted by molar-refractivity contribution is -0.385. The van der Waals surface area contributed by atoms with Crippen molar-refractivity contribution in [2.45, 2.75) is 13.8 Å². The maximum absolute atomic E-state index is 11.2. The summed E-state index contributed by atoms with van der Waals surface area (Å²) in [6.45, 7) is 3.53. The van der Waals surface area contributed by atoms with Gasteiger partial charge in [0.05, 0.1) is 16.2 Å². The first-order valence-electron chi connectivity index (χ1n) is 10.6. The maximum atomic E-state index is 11.2. The second kappa shape index (κ2) is 9.02. The number of aliphatic imine (C=N–C) groups is 1. The van der Waals surface area contributed by atoms with Gasteiger partial charge < -0.3 is 4.42 Å². The highest BCUT2D eigenvalue weighted by Gasteiger charge is 2.18. The summed E-state index contributed by atoms with van der Waals surface area (Å²) in [5.74, 6) is 1.71. The Kier molecular flexibility index (Phi) is 5.88. The molecule has 9 heteroatoms. The van der Waals surface area contributed by atoms with Gasteiger partial charge in [0.15, 0.2) is 5.82 Å². The van der Waals surface area contributed by atoms with Crippen LogP contribution in [0.5, 0.6) is 0 Å². The predicted octanol–water partition coefficient (Wildman–Crippen LogP) is 7.84. The lowest BCUT2D eigenvalue weighted by Gasteiger charge is -2.05. The van der Waals surface area contributed by atoms with E-state index in [2.05, 4.69) is 4.99 Å². The molecule has 0 aliphatic heterocycles. The van der Waals surface area contributed by atoms with Crippen LogP contribution in [0.4, 0.5) is 11.5 Å². The third kappa shape index (κ3) is 4.32. The van der Waals surface area contributed by atoms with Crippen molar-refractivity contribution in [3.8, 4) is 22.6 Å². The van der Waals surface area contributed by atoms with Crippen molar-refractivity contribution < 1.29 is 9.34 Å². The molecule has 0 saturated heterocycles. The third-order valence-electron chi connectivity index (χ3n) is 5.64. The number of imidazole rings is 1. The second-order valence-electron chi connectivity index (χ2n) is 8.01. The molecule has 0 radical (unpaired) electrons. The molecule has 0 aliphatic carbocycles. The SMILES string of the molecule is Cc1cc([N+](=O)[O-])c(C)cc1-c1ccc(/C=N/c2c(-c3ccc(Cl)cc3Cl)nc3ccccn23)o1. The third-order valence-corrected chi connectivity index (χ3v) is 6.18. The van der Waals surface area contributed by atoms with Crippen LogP contribution in [0.2, 0.25) is 10.0 Å². The number of hydrogen-bond acceptors (Lipinski definition) is 5. The number of nitro groups is 1. The topological polar surface area (TPSA) is 85.9 Å². The second-order valence-corrected chi connectivity index (χ2v) is 8.85. The Morgan fingerprint density at radius 3 is 2.63 bits per heavy atom. The fourth-order valence-corrected chi connectivity index (χ4v) is 4.42. The van der Waals surface area contributed by atoms with Crippen LogP contribution >= 0.6 is 23.2 Å².